The Morgan fingerprint density at radius 2 is 2.00 bits per heavy atom. The number of benzene rings is 1. The molecule has 0 bridgehead atoms. The van der Waals surface area contributed by atoms with E-state index in [2.05, 4.69) is 26.8 Å². The van der Waals surface area contributed by atoms with Crippen LogP contribution in [0.25, 0.3) is 0 Å². The Kier molecular flexibility index (Phi) is 2.76. The van der Waals surface area contributed by atoms with Crippen LogP contribution in [0, 0.1) is 0 Å². The van der Waals surface area contributed by atoms with Gasteiger partial charge in [-0.3, -0.25) is 0 Å². The molecule has 1 aliphatic heterocycles. The molecule has 0 unspecified atom stereocenters. The molecule has 5 heteroatoms. The van der Waals surface area contributed by atoms with E-state index in [9.17, 15) is 4.79 Å². The number of carbonyl (C=O) groups excluding carboxylic acids is 1. The van der Waals surface area contributed by atoms with Crippen molar-refractivity contribution in [2.24, 2.45) is 0 Å². The quantitative estimate of drug-likeness (QED) is 0.778. The minimum Gasteiger partial charge on any atom is -0.465 e. The highest BCUT2D eigenvalue weighted by atomic mass is 32.1. The zero-order valence-electron chi connectivity index (χ0n) is 9.92. The molecule has 18 heavy (non-hydrogen) atoms. The largest absolute Gasteiger partial charge is 0.465 e. The van der Waals surface area contributed by atoms with Gasteiger partial charge in [-0.1, -0.05) is 35.6 Å². The Bertz CT molecular complexity index is 569. The second-order valence-corrected chi connectivity index (χ2v) is 5.13. The van der Waals surface area contributed by atoms with Gasteiger partial charge in [0.2, 0.25) is 0 Å². The first kappa shape index (κ1) is 11.2. The lowest BCUT2D eigenvalue weighted by Gasteiger charge is -2.12. The molecule has 0 fully saturated rings. The third kappa shape index (κ3) is 1.86. The van der Waals surface area contributed by atoms with Crippen molar-refractivity contribution in [1.29, 1.82) is 0 Å². The van der Waals surface area contributed by atoms with Crippen LogP contribution in [0.15, 0.2) is 30.5 Å². The maximum Gasteiger partial charge on any atom is 0.349 e. The zero-order chi connectivity index (χ0) is 12.5. The summed E-state index contributed by atoms with van der Waals surface area (Å²) in [7, 11) is 1.38. The van der Waals surface area contributed by atoms with Gasteiger partial charge in [0, 0.05) is 13.1 Å². The summed E-state index contributed by atoms with van der Waals surface area (Å²) in [5.74, 6) is -0.324. The summed E-state index contributed by atoms with van der Waals surface area (Å²) < 4.78 is 4.69. The smallest absolute Gasteiger partial charge is 0.349 e. The molecule has 0 atom stereocenters. The van der Waals surface area contributed by atoms with E-state index in [1.54, 1.807) is 6.20 Å². The van der Waals surface area contributed by atoms with Gasteiger partial charge in [-0.2, -0.15) is 0 Å². The number of aromatic nitrogens is 1. The molecular formula is C13H12N2O2S. The average Bonchev–Trinajstić information content (AvgIpc) is 3.03. The van der Waals surface area contributed by atoms with Crippen molar-refractivity contribution in [3.05, 3.63) is 46.5 Å². The summed E-state index contributed by atoms with van der Waals surface area (Å²) in [4.78, 5) is 18.4. The first-order chi connectivity index (χ1) is 8.78. The van der Waals surface area contributed by atoms with Crippen molar-refractivity contribution in [3.63, 3.8) is 0 Å². The van der Waals surface area contributed by atoms with E-state index in [0.717, 1.165) is 18.2 Å². The van der Waals surface area contributed by atoms with E-state index in [1.165, 1.54) is 29.6 Å². The molecule has 2 heterocycles. The standard InChI is InChI=1S/C13H12N2O2S/c1-17-12(16)11-6-14-13(18-11)15-7-9-4-2-3-5-10(9)8-15/h2-6H,7-8H2,1H3. The summed E-state index contributed by atoms with van der Waals surface area (Å²) in [6.07, 6.45) is 1.58. The lowest BCUT2D eigenvalue weighted by Crippen LogP contribution is -2.13. The van der Waals surface area contributed by atoms with Gasteiger partial charge < -0.3 is 9.64 Å². The van der Waals surface area contributed by atoms with Crippen molar-refractivity contribution in [1.82, 2.24) is 4.98 Å². The highest BCUT2D eigenvalue weighted by Gasteiger charge is 2.22. The molecule has 0 radical (unpaired) electrons. The third-order valence-electron chi connectivity index (χ3n) is 2.99. The Morgan fingerprint density at radius 3 is 2.61 bits per heavy atom. The van der Waals surface area contributed by atoms with Crippen LogP contribution >= 0.6 is 11.3 Å². The van der Waals surface area contributed by atoms with E-state index >= 15 is 0 Å². The monoisotopic (exact) mass is 260 g/mol. The molecule has 0 N–H and O–H groups in total. The maximum atomic E-state index is 11.4. The highest BCUT2D eigenvalue weighted by molar-refractivity contribution is 7.17. The molecule has 1 aliphatic rings. The summed E-state index contributed by atoms with van der Waals surface area (Å²) in [5.41, 5.74) is 2.65. The van der Waals surface area contributed by atoms with Crippen LogP contribution in [0.2, 0.25) is 0 Å². The van der Waals surface area contributed by atoms with Crippen LogP contribution in [0.4, 0.5) is 5.13 Å². The van der Waals surface area contributed by atoms with Crippen LogP contribution in [-0.4, -0.2) is 18.1 Å². The van der Waals surface area contributed by atoms with E-state index in [0.29, 0.717) is 4.88 Å². The molecule has 0 spiro atoms. The number of thiazole rings is 1. The molecule has 0 aliphatic carbocycles. The minimum absolute atomic E-state index is 0.324. The molecule has 92 valence electrons. The summed E-state index contributed by atoms with van der Waals surface area (Å²) in [6, 6.07) is 8.35. The van der Waals surface area contributed by atoms with E-state index in [1.807, 2.05) is 12.1 Å². The number of ether oxygens (including phenoxy) is 1. The third-order valence-corrected chi connectivity index (χ3v) is 4.03. The van der Waals surface area contributed by atoms with Gasteiger partial charge in [0.05, 0.1) is 13.3 Å². The number of anilines is 1. The second kappa shape index (κ2) is 4.42. The average molecular weight is 260 g/mol. The fourth-order valence-electron chi connectivity index (χ4n) is 2.07. The first-order valence-electron chi connectivity index (χ1n) is 5.64. The zero-order valence-corrected chi connectivity index (χ0v) is 10.7. The van der Waals surface area contributed by atoms with Gasteiger partial charge in [-0.05, 0) is 11.1 Å². The number of esters is 1. The number of hydrogen-bond acceptors (Lipinski definition) is 5. The molecule has 2 aromatic rings. The molecule has 1 aromatic heterocycles. The van der Waals surface area contributed by atoms with Crippen molar-refractivity contribution in [2.75, 3.05) is 12.0 Å². The highest BCUT2D eigenvalue weighted by Crippen LogP contribution is 2.31. The normalized spacial score (nSPS) is 13.5. The lowest BCUT2D eigenvalue weighted by atomic mass is 10.1. The molecule has 1 aromatic carbocycles. The van der Waals surface area contributed by atoms with Gasteiger partial charge in [-0.15, -0.1) is 0 Å². The van der Waals surface area contributed by atoms with Crippen molar-refractivity contribution < 1.29 is 9.53 Å². The fraction of sp³-hybridized carbons (Fsp3) is 0.231. The second-order valence-electron chi connectivity index (χ2n) is 4.12. The Morgan fingerprint density at radius 1 is 1.33 bits per heavy atom. The Hall–Kier alpha value is -1.88. The maximum absolute atomic E-state index is 11.4. The summed E-state index contributed by atoms with van der Waals surface area (Å²) in [5, 5.41) is 0.867. The SMILES string of the molecule is COC(=O)c1cnc(N2Cc3ccccc3C2)s1. The predicted octanol–water partition coefficient (Wildman–Crippen LogP) is 2.45. The van der Waals surface area contributed by atoms with Gasteiger partial charge >= 0.3 is 5.97 Å². The number of hydrogen-bond donors (Lipinski definition) is 0. The summed E-state index contributed by atoms with van der Waals surface area (Å²) >= 11 is 1.37. The van der Waals surface area contributed by atoms with Crippen LogP contribution in [0.5, 0.6) is 0 Å². The molecule has 3 rings (SSSR count). The number of carbonyl (C=O) groups is 1. The Labute approximate surface area is 109 Å². The number of methoxy groups -OCH3 is 1. The van der Waals surface area contributed by atoms with E-state index < -0.39 is 0 Å². The van der Waals surface area contributed by atoms with Crippen molar-refractivity contribution in [2.45, 2.75) is 13.1 Å². The molecule has 4 nitrogen and oxygen atoms in total. The van der Waals surface area contributed by atoms with E-state index in [-0.39, 0.29) is 5.97 Å². The summed E-state index contributed by atoms with van der Waals surface area (Å²) in [6.45, 7) is 1.70. The molecular weight excluding hydrogens is 248 g/mol. The van der Waals surface area contributed by atoms with Gasteiger partial charge in [0.1, 0.15) is 4.88 Å². The van der Waals surface area contributed by atoms with Crippen molar-refractivity contribution in [3.8, 4) is 0 Å². The molecule has 0 saturated carbocycles. The minimum atomic E-state index is -0.324. The number of fused-ring (bicyclic) bond motifs is 1. The Balaban J connectivity index is 1.82. The van der Waals surface area contributed by atoms with Gasteiger partial charge in [0.25, 0.3) is 0 Å². The van der Waals surface area contributed by atoms with Crippen LogP contribution in [-0.2, 0) is 17.8 Å². The lowest BCUT2D eigenvalue weighted by molar-refractivity contribution is 0.0606. The van der Waals surface area contributed by atoms with Crippen LogP contribution < -0.4 is 4.90 Å². The number of nitrogens with zero attached hydrogens (tertiary/aromatic N) is 2. The van der Waals surface area contributed by atoms with Crippen LogP contribution in [0.3, 0.4) is 0 Å². The van der Waals surface area contributed by atoms with Gasteiger partial charge in [0.15, 0.2) is 5.13 Å². The number of rotatable bonds is 2. The van der Waals surface area contributed by atoms with Crippen LogP contribution in [0.1, 0.15) is 20.8 Å². The van der Waals surface area contributed by atoms with Crippen molar-refractivity contribution >= 4 is 22.4 Å². The topological polar surface area (TPSA) is 42.4 Å². The van der Waals surface area contributed by atoms with Gasteiger partial charge in [-0.25, -0.2) is 9.78 Å². The first-order valence-corrected chi connectivity index (χ1v) is 6.45. The molecule has 0 amide bonds. The predicted molar refractivity (Wildman–Crippen MR) is 69.8 cm³/mol. The molecule has 0 saturated heterocycles. The fourth-order valence-corrected chi connectivity index (χ4v) is 2.91. The van der Waals surface area contributed by atoms with E-state index in [4.69, 9.17) is 0 Å².